The molecule has 0 fully saturated rings. The molecule has 0 aliphatic carbocycles. The second kappa shape index (κ2) is 4.16. The number of aromatic nitrogens is 3. The van der Waals surface area contributed by atoms with Crippen molar-refractivity contribution < 1.29 is 15.0 Å². The van der Waals surface area contributed by atoms with E-state index in [-0.39, 0.29) is 5.82 Å². The van der Waals surface area contributed by atoms with Crippen LogP contribution in [0.5, 0.6) is 0 Å². The first kappa shape index (κ1) is 10.6. The zero-order chi connectivity index (χ0) is 10.7. The lowest BCUT2D eigenvalue weighted by Crippen LogP contribution is -2.37. The maximum atomic E-state index is 10.5. The van der Waals surface area contributed by atoms with Gasteiger partial charge in [-0.05, 0) is 6.92 Å². The third-order valence-electron chi connectivity index (χ3n) is 1.83. The highest BCUT2D eigenvalue weighted by Crippen LogP contribution is 2.12. The Labute approximate surface area is 80.2 Å². The van der Waals surface area contributed by atoms with Gasteiger partial charge in [0.1, 0.15) is 18.5 Å². The van der Waals surface area contributed by atoms with E-state index in [1.54, 1.807) is 6.92 Å². The number of aliphatic carboxylic acids is 1. The van der Waals surface area contributed by atoms with Gasteiger partial charge in [-0.15, -0.1) is 0 Å². The van der Waals surface area contributed by atoms with Crippen molar-refractivity contribution in [3.05, 3.63) is 12.2 Å². The molecule has 1 aromatic rings. The van der Waals surface area contributed by atoms with Gasteiger partial charge in [0, 0.05) is 6.54 Å². The Balaban J connectivity index is 2.88. The van der Waals surface area contributed by atoms with Crippen molar-refractivity contribution >= 4 is 5.97 Å². The fourth-order valence-electron chi connectivity index (χ4n) is 1.04. The van der Waals surface area contributed by atoms with Crippen LogP contribution in [0.2, 0.25) is 0 Å². The zero-order valence-corrected chi connectivity index (χ0v) is 7.66. The van der Waals surface area contributed by atoms with E-state index in [9.17, 15) is 9.90 Å². The average Bonchev–Trinajstić information content (AvgIpc) is 2.62. The van der Waals surface area contributed by atoms with E-state index >= 15 is 0 Å². The molecule has 0 saturated carbocycles. The molecule has 0 aromatic carbocycles. The van der Waals surface area contributed by atoms with Gasteiger partial charge in [-0.3, -0.25) is 4.79 Å². The van der Waals surface area contributed by atoms with Crippen molar-refractivity contribution in [3.63, 3.8) is 0 Å². The molecule has 0 spiro atoms. The van der Waals surface area contributed by atoms with Gasteiger partial charge in [-0.25, -0.2) is 9.67 Å². The van der Waals surface area contributed by atoms with Gasteiger partial charge >= 0.3 is 5.97 Å². The number of rotatable bonds is 4. The van der Waals surface area contributed by atoms with E-state index in [0.29, 0.717) is 6.54 Å². The molecule has 1 heterocycles. The summed E-state index contributed by atoms with van der Waals surface area (Å²) >= 11 is 0. The summed E-state index contributed by atoms with van der Waals surface area (Å²) in [5.74, 6) is -1.11. The molecule has 0 aliphatic rings. The highest BCUT2D eigenvalue weighted by molar-refractivity contribution is 5.74. The fourth-order valence-corrected chi connectivity index (χ4v) is 1.04. The van der Waals surface area contributed by atoms with Crippen molar-refractivity contribution in [1.82, 2.24) is 14.8 Å². The molecule has 2 atom stereocenters. The van der Waals surface area contributed by atoms with Crippen LogP contribution in [0.4, 0.5) is 0 Å². The number of hydrogen-bond acceptors (Lipinski definition) is 5. The lowest BCUT2D eigenvalue weighted by molar-refractivity contribution is -0.141. The summed E-state index contributed by atoms with van der Waals surface area (Å²) in [7, 11) is 0. The molecule has 7 nitrogen and oxygen atoms in total. The van der Waals surface area contributed by atoms with Gasteiger partial charge in [0.05, 0.1) is 0 Å². The second-order valence-electron chi connectivity index (χ2n) is 2.74. The molecule has 1 rings (SSSR count). The Bertz CT molecular complexity index is 324. The number of carboxylic acids is 1. The molecule has 0 amide bonds. The lowest BCUT2D eigenvalue weighted by atomic mass is 10.1. The number of aliphatic hydroxyl groups is 1. The normalized spacial score (nSPS) is 15.1. The van der Waals surface area contributed by atoms with Crippen LogP contribution in [0.3, 0.4) is 0 Å². The third kappa shape index (κ3) is 1.88. The van der Waals surface area contributed by atoms with Gasteiger partial charge < -0.3 is 15.9 Å². The summed E-state index contributed by atoms with van der Waals surface area (Å²) in [6.45, 7) is 2.30. The Morgan fingerprint density at radius 1 is 1.79 bits per heavy atom. The first-order chi connectivity index (χ1) is 6.57. The summed E-state index contributed by atoms with van der Waals surface area (Å²) in [5, 5.41) is 21.9. The largest absolute Gasteiger partial charge is 0.480 e. The van der Waals surface area contributed by atoms with E-state index in [1.165, 1.54) is 11.0 Å². The summed E-state index contributed by atoms with van der Waals surface area (Å²) in [6.07, 6.45) is -0.0914. The molecular weight excluding hydrogens is 188 g/mol. The van der Waals surface area contributed by atoms with Gasteiger partial charge in [-0.1, -0.05) is 0 Å². The molecule has 7 heteroatoms. The Morgan fingerprint density at radius 3 is 2.93 bits per heavy atom. The average molecular weight is 200 g/mol. The third-order valence-corrected chi connectivity index (χ3v) is 1.83. The van der Waals surface area contributed by atoms with Crippen molar-refractivity contribution in [1.29, 1.82) is 0 Å². The lowest BCUT2D eigenvalue weighted by Gasteiger charge is -2.14. The van der Waals surface area contributed by atoms with E-state index in [4.69, 9.17) is 10.8 Å². The first-order valence-corrected chi connectivity index (χ1v) is 4.12. The van der Waals surface area contributed by atoms with Gasteiger partial charge in [0.2, 0.25) is 0 Å². The number of carbonyl (C=O) groups is 1. The van der Waals surface area contributed by atoms with Crippen molar-refractivity contribution in [3.8, 4) is 0 Å². The molecule has 0 saturated heterocycles. The zero-order valence-electron chi connectivity index (χ0n) is 7.66. The Kier molecular flexibility index (Phi) is 3.15. The minimum absolute atomic E-state index is 0.169. The van der Waals surface area contributed by atoms with Gasteiger partial charge in [0.25, 0.3) is 0 Å². The maximum Gasteiger partial charge on any atom is 0.323 e. The van der Waals surface area contributed by atoms with E-state index < -0.39 is 18.1 Å². The first-order valence-electron chi connectivity index (χ1n) is 4.12. The highest BCUT2D eigenvalue weighted by Gasteiger charge is 2.27. The molecule has 0 bridgehead atoms. The monoisotopic (exact) mass is 200 g/mol. The number of nitrogens with two attached hydrogens (primary N) is 1. The van der Waals surface area contributed by atoms with Crippen LogP contribution in [-0.4, -0.2) is 37.0 Å². The highest BCUT2D eigenvalue weighted by atomic mass is 16.4. The topological polar surface area (TPSA) is 114 Å². The van der Waals surface area contributed by atoms with Gasteiger partial charge in [-0.2, -0.15) is 5.10 Å². The van der Waals surface area contributed by atoms with E-state index in [1.807, 2.05) is 0 Å². The van der Waals surface area contributed by atoms with Crippen LogP contribution in [0.25, 0.3) is 0 Å². The van der Waals surface area contributed by atoms with Gasteiger partial charge in [0.15, 0.2) is 5.82 Å². The Morgan fingerprint density at radius 2 is 2.43 bits per heavy atom. The molecule has 14 heavy (non-hydrogen) atoms. The molecule has 0 aliphatic heterocycles. The number of aliphatic hydroxyl groups excluding tert-OH is 1. The predicted molar refractivity (Wildman–Crippen MR) is 46.3 cm³/mol. The fraction of sp³-hybridized carbons (Fsp3) is 0.571. The SMILES string of the molecule is CCn1ncnc1C(O)C(N)C(=O)O. The summed E-state index contributed by atoms with van der Waals surface area (Å²) < 4.78 is 1.40. The molecular formula is C7H12N4O3. The summed E-state index contributed by atoms with van der Waals surface area (Å²) in [5.41, 5.74) is 5.24. The molecule has 1 aromatic heterocycles. The van der Waals surface area contributed by atoms with Crippen LogP contribution in [-0.2, 0) is 11.3 Å². The van der Waals surface area contributed by atoms with Crippen LogP contribution in [0, 0.1) is 0 Å². The quantitative estimate of drug-likeness (QED) is 0.559. The maximum absolute atomic E-state index is 10.5. The molecule has 78 valence electrons. The predicted octanol–water partition coefficient (Wildman–Crippen LogP) is -1.26. The van der Waals surface area contributed by atoms with E-state index in [2.05, 4.69) is 10.1 Å². The number of hydrogen-bond donors (Lipinski definition) is 3. The van der Waals surface area contributed by atoms with Crippen molar-refractivity contribution in [2.45, 2.75) is 25.6 Å². The standard InChI is InChI=1S/C7H12N4O3/c1-2-11-6(9-3-10-11)5(12)4(8)7(13)14/h3-5,12H,2,8H2,1H3,(H,13,14). The minimum atomic E-state index is -1.38. The van der Waals surface area contributed by atoms with Crippen LogP contribution < -0.4 is 5.73 Å². The van der Waals surface area contributed by atoms with Crippen LogP contribution in [0.1, 0.15) is 18.9 Å². The van der Waals surface area contributed by atoms with Crippen molar-refractivity contribution in [2.24, 2.45) is 5.73 Å². The van der Waals surface area contributed by atoms with Crippen LogP contribution in [0.15, 0.2) is 6.33 Å². The minimum Gasteiger partial charge on any atom is -0.480 e. The second-order valence-corrected chi connectivity index (χ2v) is 2.74. The summed E-state index contributed by atoms with van der Waals surface area (Å²) in [4.78, 5) is 14.2. The van der Waals surface area contributed by atoms with E-state index in [0.717, 1.165) is 0 Å². The molecule has 4 N–H and O–H groups in total. The molecule has 2 unspecified atom stereocenters. The van der Waals surface area contributed by atoms with Crippen LogP contribution >= 0.6 is 0 Å². The number of carboxylic acid groups (broad SMARTS) is 1. The number of nitrogens with zero attached hydrogens (tertiary/aromatic N) is 3. The number of aryl methyl sites for hydroxylation is 1. The van der Waals surface area contributed by atoms with Crippen molar-refractivity contribution in [2.75, 3.05) is 0 Å². The smallest absolute Gasteiger partial charge is 0.323 e. The summed E-state index contributed by atoms with van der Waals surface area (Å²) in [6, 6.07) is -1.38. The Hall–Kier alpha value is -1.47. The molecule has 0 radical (unpaired) electrons.